The van der Waals surface area contributed by atoms with Crippen molar-refractivity contribution in [3.8, 4) is 0 Å². The molecule has 0 saturated carbocycles. The van der Waals surface area contributed by atoms with Crippen molar-refractivity contribution in [1.82, 2.24) is 5.06 Å². The first kappa shape index (κ1) is 16.3. The van der Waals surface area contributed by atoms with Crippen molar-refractivity contribution in [2.75, 3.05) is 25.6 Å². The van der Waals surface area contributed by atoms with Crippen LogP contribution in [0.5, 0.6) is 0 Å². The van der Waals surface area contributed by atoms with Crippen LogP contribution in [0.3, 0.4) is 0 Å². The molecule has 1 heterocycles. The number of hydrogen-bond donors (Lipinski definition) is 1. The third kappa shape index (κ3) is 4.46. The lowest BCUT2D eigenvalue weighted by molar-refractivity contribution is -0.144. The van der Waals surface area contributed by atoms with E-state index in [0.29, 0.717) is 25.3 Å². The van der Waals surface area contributed by atoms with Crippen molar-refractivity contribution < 1.29 is 19.2 Å². The maximum Gasteiger partial charge on any atom is 0.345 e. The van der Waals surface area contributed by atoms with E-state index in [9.17, 15) is 9.59 Å². The monoisotopic (exact) mass is 306 g/mol. The highest BCUT2D eigenvalue weighted by atomic mass is 16.7. The fraction of sp³-hybridized carbons (Fsp3) is 0.500. The quantitative estimate of drug-likeness (QED) is 0.868. The van der Waals surface area contributed by atoms with E-state index in [1.807, 2.05) is 31.2 Å². The molecule has 1 N–H and O–H groups in total. The lowest BCUT2D eigenvalue weighted by Gasteiger charge is -2.25. The van der Waals surface area contributed by atoms with Gasteiger partial charge in [0, 0.05) is 5.69 Å². The predicted molar refractivity (Wildman–Crippen MR) is 82.2 cm³/mol. The number of nitrogens with one attached hydrogen (secondary N) is 1. The van der Waals surface area contributed by atoms with Crippen molar-refractivity contribution in [3.05, 3.63) is 29.8 Å². The zero-order valence-electron chi connectivity index (χ0n) is 13.0. The second kappa shape index (κ2) is 7.79. The van der Waals surface area contributed by atoms with E-state index in [-0.39, 0.29) is 17.9 Å². The van der Waals surface area contributed by atoms with E-state index in [4.69, 9.17) is 9.57 Å². The standard InChI is InChI=1S/C16H22N2O4/c1-12(15(19)21-2)11-13-5-7-14(8-6-13)17-16(20)18-9-3-4-10-22-18/h5-8,12H,3-4,9-11H2,1-2H3,(H,17,20)/t12-/m0/s1. The number of ether oxygens (including phenoxy) is 1. The average molecular weight is 306 g/mol. The van der Waals surface area contributed by atoms with Gasteiger partial charge in [-0.1, -0.05) is 19.1 Å². The lowest BCUT2D eigenvalue weighted by atomic mass is 10.0. The summed E-state index contributed by atoms with van der Waals surface area (Å²) in [6, 6.07) is 7.18. The molecule has 0 aliphatic carbocycles. The Balaban J connectivity index is 1.88. The van der Waals surface area contributed by atoms with Gasteiger partial charge < -0.3 is 10.1 Å². The minimum atomic E-state index is -0.254. The van der Waals surface area contributed by atoms with E-state index in [0.717, 1.165) is 18.4 Å². The normalized spacial score (nSPS) is 16.0. The topological polar surface area (TPSA) is 67.9 Å². The molecule has 0 aromatic heterocycles. The van der Waals surface area contributed by atoms with Gasteiger partial charge in [0.25, 0.3) is 0 Å². The van der Waals surface area contributed by atoms with E-state index in [1.54, 1.807) is 0 Å². The van der Waals surface area contributed by atoms with Gasteiger partial charge >= 0.3 is 12.0 Å². The summed E-state index contributed by atoms with van der Waals surface area (Å²) in [6.45, 7) is 3.02. The second-order valence-electron chi connectivity index (χ2n) is 5.40. The van der Waals surface area contributed by atoms with E-state index in [2.05, 4.69) is 5.32 Å². The fourth-order valence-corrected chi connectivity index (χ4v) is 2.30. The van der Waals surface area contributed by atoms with Gasteiger partial charge in [-0.05, 0) is 37.0 Å². The van der Waals surface area contributed by atoms with Crippen LogP contribution in [-0.2, 0) is 20.8 Å². The molecule has 120 valence electrons. The van der Waals surface area contributed by atoms with Crippen molar-refractivity contribution in [2.45, 2.75) is 26.2 Å². The third-order valence-electron chi connectivity index (χ3n) is 3.58. The van der Waals surface area contributed by atoms with Crippen LogP contribution in [0.1, 0.15) is 25.3 Å². The minimum Gasteiger partial charge on any atom is -0.469 e. The number of carbonyl (C=O) groups is 2. The number of hydroxylamine groups is 2. The molecule has 1 aliphatic heterocycles. The van der Waals surface area contributed by atoms with Crippen LogP contribution in [0.15, 0.2) is 24.3 Å². The zero-order valence-corrected chi connectivity index (χ0v) is 13.0. The summed E-state index contributed by atoms with van der Waals surface area (Å²) in [5.74, 6) is -0.410. The number of anilines is 1. The third-order valence-corrected chi connectivity index (χ3v) is 3.58. The summed E-state index contributed by atoms with van der Waals surface area (Å²) in [4.78, 5) is 28.7. The minimum absolute atomic E-state index is 0.188. The van der Waals surface area contributed by atoms with Crippen LogP contribution in [0.2, 0.25) is 0 Å². The first-order valence-corrected chi connectivity index (χ1v) is 7.48. The molecule has 22 heavy (non-hydrogen) atoms. The van der Waals surface area contributed by atoms with Crippen molar-refractivity contribution in [1.29, 1.82) is 0 Å². The predicted octanol–water partition coefficient (Wildman–Crippen LogP) is 2.60. The van der Waals surface area contributed by atoms with Gasteiger partial charge in [-0.25, -0.2) is 9.86 Å². The van der Waals surface area contributed by atoms with Crippen LogP contribution < -0.4 is 5.32 Å². The molecule has 0 unspecified atom stereocenters. The van der Waals surface area contributed by atoms with Crippen molar-refractivity contribution >= 4 is 17.7 Å². The Morgan fingerprint density at radius 2 is 2.05 bits per heavy atom. The lowest BCUT2D eigenvalue weighted by Crippen LogP contribution is -2.38. The second-order valence-corrected chi connectivity index (χ2v) is 5.40. The highest BCUT2D eigenvalue weighted by Gasteiger charge is 2.18. The number of urea groups is 1. The van der Waals surface area contributed by atoms with Crippen LogP contribution in [0.4, 0.5) is 10.5 Å². The molecule has 1 aromatic carbocycles. The molecule has 1 atom stereocenters. The summed E-state index contributed by atoms with van der Waals surface area (Å²) in [5, 5.41) is 4.15. The highest BCUT2D eigenvalue weighted by Crippen LogP contribution is 2.15. The van der Waals surface area contributed by atoms with Gasteiger partial charge in [-0.15, -0.1) is 0 Å². The Morgan fingerprint density at radius 3 is 2.64 bits per heavy atom. The number of nitrogens with zero attached hydrogens (tertiary/aromatic N) is 1. The molecule has 1 aromatic rings. The van der Waals surface area contributed by atoms with E-state index >= 15 is 0 Å². The molecule has 0 radical (unpaired) electrons. The molecule has 2 rings (SSSR count). The number of amides is 2. The van der Waals surface area contributed by atoms with Gasteiger partial charge in [-0.2, -0.15) is 0 Å². The molecule has 0 bridgehead atoms. The molecule has 2 amide bonds. The van der Waals surface area contributed by atoms with Crippen LogP contribution in [0, 0.1) is 5.92 Å². The Labute approximate surface area is 130 Å². The van der Waals surface area contributed by atoms with Gasteiger partial charge in [0.15, 0.2) is 0 Å². The fourth-order valence-electron chi connectivity index (χ4n) is 2.30. The molecular formula is C16H22N2O4. The van der Waals surface area contributed by atoms with Crippen molar-refractivity contribution in [3.63, 3.8) is 0 Å². The molecule has 1 saturated heterocycles. The number of methoxy groups -OCH3 is 1. The highest BCUT2D eigenvalue weighted by molar-refractivity contribution is 5.88. The first-order valence-electron chi connectivity index (χ1n) is 7.48. The average Bonchev–Trinajstić information content (AvgIpc) is 2.56. The SMILES string of the molecule is COC(=O)[C@@H](C)Cc1ccc(NC(=O)N2CCCCO2)cc1. The Morgan fingerprint density at radius 1 is 1.32 bits per heavy atom. The molecule has 6 nitrogen and oxygen atoms in total. The maximum atomic E-state index is 12.0. The first-order chi connectivity index (χ1) is 10.6. The van der Waals surface area contributed by atoms with Crippen LogP contribution in [-0.4, -0.2) is 37.3 Å². The molecule has 1 fully saturated rings. The molecular weight excluding hydrogens is 284 g/mol. The summed E-state index contributed by atoms with van der Waals surface area (Å²) in [6.07, 6.45) is 2.55. The molecule has 0 spiro atoms. The number of esters is 1. The van der Waals surface area contributed by atoms with Gasteiger partial charge in [0.05, 0.1) is 26.2 Å². The number of carbonyl (C=O) groups excluding carboxylic acids is 2. The van der Waals surface area contributed by atoms with Crippen LogP contribution >= 0.6 is 0 Å². The number of hydrogen-bond acceptors (Lipinski definition) is 4. The van der Waals surface area contributed by atoms with E-state index in [1.165, 1.54) is 12.2 Å². The number of benzene rings is 1. The maximum absolute atomic E-state index is 12.0. The van der Waals surface area contributed by atoms with Gasteiger partial charge in [0.2, 0.25) is 0 Å². The zero-order chi connectivity index (χ0) is 15.9. The van der Waals surface area contributed by atoms with Crippen LogP contribution in [0.25, 0.3) is 0 Å². The summed E-state index contributed by atoms with van der Waals surface area (Å²) < 4.78 is 4.71. The Kier molecular flexibility index (Phi) is 5.77. The van der Waals surface area contributed by atoms with E-state index < -0.39 is 0 Å². The largest absolute Gasteiger partial charge is 0.469 e. The smallest absolute Gasteiger partial charge is 0.345 e. The van der Waals surface area contributed by atoms with Gasteiger partial charge in [-0.3, -0.25) is 9.63 Å². The summed E-state index contributed by atoms with van der Waals surface area (Å²) >= 11 is 0. The Hall–Kier alpha value is -2.08. The van der Waals surface area contributed by atoms with Gasteiger partial charge in [0.1, 0.15) is 0 Å². The Bertz CT molecular complexity index is 509. The number of rotatable bonds is 4. The molecule has 1 aliphatic rings. The summed E-state index contributed by atoms with van der Waals surface area (Å²) in [5.41, 5.74) is 1.72. The van der Waals surface area contributed by atoms with Crippen molar-refractivity contribution in [2.24, 2.45) is 5.92 Å². The summed E-state index contributed by atoms with van der Waals surface area (Å²) in [7, 11) is 1.39. The molecule has 6 heteroatoms.